The summed E-state index contributed by atoms with van der Waals surface area (Å²) >= 11 is 0. The predicted molar refractivity (Wildman–Crippen MR) is 97.4 cm³/mol. The summed E-state index contributed by atoms with van der Waals surface area (Å²) in [4.78, 5) is 31.9. The van der Waals surface area contributed by atoms with E-state index in [0.29, 0.717) is 43.9 Å². The molecule has 8 nitrogen and oxygen atoms in total. The summed E-state index contributed by atoms with van der Waals surface area (Å²) in [6.45, 7) is 8.72. The van der Waals surface area contributed by atoms with E-state index in [4.69, 9.17) is 14.0 Å². The fourth-order valence-corrected chi connectivity index (χ4v) is 3.07. The van der Waals surface area contributed by atoms with Crippen molar-refractivity contribution in [3.63, 3.8) is 0 Å². The molecule has 8 heteroatoms. The van der Waals surface area contributed by atoms with Crippen molar-refractivity contribution < 1.29 is 23.6 Å². The summed E-state index contributed by atoms with van der Waals surface area (Å²) in [7, 11) is 0. The minimum absolute atomic E-state index is 0.254. The number of likely N-dealkylation sites (tertiary alicyclic amines) is 1. The number of carbonyl (C=O) groups is 2. The molecular formula is C19H27N3O5. The first-order valence-electron chi connectivity index (χ1n) is 9.14. The summed E-state index contributed by atoms with van der Waals surface area (Å²) in [5.41, 5.74) is 2.01. The highest BCUT2D eigenvalue weighted by atomic mass is 16.7. The van der Waals surface area contributed by atoms with E-state index < -0.39 is 11.2 Å². The van der Waals surface area contributed by atoms with Gasteiger partial charge in [-0.05, 0) is 45.9 Å². The van der Waals surface area contributed by atoms with Crippen LogP contribution in [0, 0.1) is 6.92 Å². The molecule has 2 aliphatic heterocycles. The maximum absolute atomic E-state index is 12.3. The van der Waals surface area contributed by atoms with Crippen LogP contribution in [0.4, 0.5) is 4.79 Å². The number of carbonyl (C=O) groups excluding carboxylic acids is 2. The van der Waals surface area contributed by atoms with E-state index in [2.05, 4.69) is 10.8 Å². The molecule has 1 saturated heterocycles. The first-order valence-corrected chi connectivity index (χ1v) is 9.14. The van der Waals surface area contributed by atoms with Crippen molar-refractivity contribution in [1.82, 2.24) is 15.7 Å². The molecule has 2 N–H and O–H groups in total. The van der Waals surface area contributed by atoms with Gasteiger partial charge in [-0.25, -0.2) is 4.79 Å². The van der Waals surface area contributed by atoms with Gasteiger partial charge in [0.1, 0.15) is 28.4 Å². The molecule has 0 saturated carbocycles. The van der Waals surface area contributed by atoms with Crippen LogP contribution >= 0.6 is 0 Å². The molecule has 0 aliphatic carbocycles. The molecule has 3 heterocycles. The largest absolute Gasteiger partial charge is 0.465 e. The summed E-state index contributed by atoms with van der Waals surface area (Å²) in [5, 5.41) is 2.80. The fraction of sp³-hybridized carbons (Fsp3) is 0.579. The van der Waals surface area contributed by atoms with Crippen molar-refractivity contribution in [3.05, 3.63) is 35.4 Å². The lowest BCUT2D eigenvalue weighted by atomic mass is 9.91. The van der Waals surface area contributed by atoms with Crippen molar-refractivity contribution in [1.29, 1.82) is 0 Å². The second-order valence-corrected chi connectivity index (χ2v) is 7.99. The number of nitrogens with one attached hydrogen (secondary N) is 2. The molecular weight excluding hydrogens is 350 g/mol. The second kappa shape index (κ2) is 7.26. The Labute approximate surface area is 158 Å². The molecule has 2 amide bonds. The highest BCUT2D eigenvalue weighted by molar-refractivity contribution is 5.93. The Hall–Kier alpha value is -2.48. The number of amides is 2. The van der Waals surface area contributed by atoms with Crippen molar-refractivity contribution in [2.45, 2.75) is 58.3 Å². The molecule has 0 aromatic carbocycles. The van der Waals surface area contributed by atoms with Crippen LogP contribution in [0.3, 0.4) is 0 Å². The number of nitrogens with zero attached hydrogens (tertiary/aromatic N) is 1. The first-order chi connectivity index (χ1) is 12.7. The zero-order valence-electron chi connectivity index (χ0n) is 16.3. The standard InChI is InChI=1S/C19H27N3O5/c1-13-5-6-14(25-13)12-20-16(23)15-11-19(27-21-15)7-9-22(10-8-19)17(24)26-18(2,3)4/h5-6,11,21H,7-10,12H2,1-4H3,(H,20,23). The Balaban J connectivity index is 1.52. The quantitative estimate of drug-likeness (QED) is 0.840. The Morgan fingerprint density at radius 1 is 1.30 bits per heavy atom. The predicted octanol–water partition coefficient (Wildman–Crippen LogP) is 2.39. The van der Waals surface area contributed by atoms with Crippen molar-refractivity contribution in [2.24, 2.45) is 0 Å². The number of rotatable bonds is 3. The van der Waals surface area contributed by atoms with E-state index >= 15 is 0 Å². The summed E-state index contributed by atoms with van der Waals surface area (Å²) < 4.78 is 10.8. The highest BCUT2D eigenvalue weighted by Gasteiger charge is 2.41. The Kier molecular flexibility index (Phi) is 5.19. The van der Waals surface area contributed by atoms with Crippen LogP contribution in [0.1, 0.15) is 45.1 Å². The Bertz CT molecular complexity index is 739. The van der Waals surface area contributed by atoms with E-state index in [9.17, 15) is 9.59 Å². The van der Waals surface area contributed by atoms with Crippen LogP contribution in [0.15, 0.2) is 28.3 Å². The van der Waals surface area contributed by atoms with E-state index in [0.717, 1.165) is 5.76 Å². The molecule has 1 fully saturated rings. The maximum Gasteiger partial charge on any atom is 0.410 e. The van der Waals surface area contributed by atoms with Gasteiger partial charge in [-0.15, -0.1) is 0 Å². The third kappa shape index (κ3) is 4.82. The van der Waals surface area contributed by atoms with Crippen LogP contribution < -0.4 is 10.8 Å². The SMILES string of the molecule is Cc1ccc(CNC(=O)C2=CC3(CCN(C(=O)OC(C)(C)C)CC3)ON2)o1. The third-order valence-electron chi connectivity index (χ3n) is 4.50. The van der Waals surface area contributed by atoms with Gasteiger partial charge in [0.25, 0.3) is 5.91 Å². The normalized spacial score (nSPS) is 18.8. The Morgan fingerprint density at radius 3 is 2.59 bits per heavy atom. The third-order valence-corrected chi connectivity index (χ3v) is 4.50. The van der Waals surface area contributed by atoms with E-state index in [1.165, 1.54) is 0 Å². The number of hydrogen-bond acceptors (Lipinski definition) is 6. The van der Waals surface area contributed by atoms with Crippen LogP contribution in [0.25, 0.3) is 0 Å². The fourth-order valence-electron chi connectivity index (χ4n) is 3.07. The number of piperidine rings is 1. The van der Waals surface area contributed by atoms with Crippen molar-refractivity contribution >= 4 is 12.0 Å². The van der Waals surface area contributed by atoms with E-state index in [1.807, 2.05) is 45.9 Å². The number of aryl methyl sites for hydroxylation is 1. The smallest absolute Gasteiger partial charge is 0.410 e. The minimum Gasteiger partial charge on any atom is -0.465 e. The summed E-state index contributed by atoms with van der Waals surface area (Å²) in [5.74, 6) is 1.24. The highest BCUT2D eigenvalue weighted by Crippen LogP contribution is 2.32. The molecule has 0 atom stereocenters. The molecule has 1 aromatic rings. The topological polar surface area (TPSA) is 93.0 Å². The van der Waals surface area contributed by atoms with Gasteiger partial charge in [-0.3, -0.25) is 15.1 Å². The van der Waals surface area contributed by atoms with Gasteiger partial charge in [0.05, 0.1) is 6.54 Å². The van der Waals surface area contributed by atoms with Crippen LogP contribution in [0.5, 0.6) is 0 Å². The molecule has 0 radical (unpaired) electrons. The lowest BCUT2D eigenvalue weighted by Crippen LogP contribution is -2.48. The second-order valence-electron chi connectivity index (χ2n) is 7.99. The number of furan rings is 1. The van der Waals surface area contributed by atoms with Crippen LogP contribution in [0.2, 0.25) is 0 Å². The molecule has 0 bridgehead atoms. The van der Waals surface area contributed by atoms with Gasteiger partial charge < -0.3 is 19.4 Å². The Morgan fingerprint density at radius 2 is 2.00 bits per heavy atom. The lowest BCUT2D eigenvalue weighted by Gasteiger charge is -2.37. The van der Waals surface area contributed by atoms with Gasteiger partial charge in [-0.1, -0.05) is 0 Å². The van der Waals surface area contributed by atoms with Gasteiger partial charge >= 0.3 is 6.09 Å². The molecule has 2 aliphatic rings. The van der Waals surface area contributed by atoms with Gasteiger partial charge in [0.2, 0.25) is 0 Å². The molecule has 0 unspecified atom stereocenters. The van der Waals surface area contributed by atoms with Crippen molar-refractivity contribution in [3.8, 4) is 0 Å². The first kappa shape index (κ1) is 19.3. The monoisotopic (exact) mass is 377 g/mol. The zero-order valence-corrected chi connectivity index (χ0v) is 16.3. The van der Waals surface area contributed by atoms with Gasteiger partial charge in [-0.2, -0.15) is 0 Å². The average molecular weight is 377 g/mol. The average Bonchev–Trinajstić information content (AvgIpc) is 3.19. The number of hydrogen-bond donors (Lipinski definition) is 2. The summed E-state index contributed by atoms with van der Waals surface area (Å²) in [6, 6.07) is 3.68. The van der Waals surface area contributed by atoms with E-state index in [1.54, 1.807) is 4.90 Å². The zero-order chi connectivity index (χ0) is 19.7. The molecule has 1 spiro atoms. The number of ether oxygens (including phenoxy) is 1. The maximum atomic E-state index is 12.3. The van der Waals surface area contributed by atoms with E-state index in [-0.39, 0.29) is 12.0 Å². The molecule has 3 rings (SSSR count). The van der Waals surface area contributed by atoms with Crippen LogP contribution in [-0.4, -0.2) is 41.2 Å². The molecule has 27 heavy (non-hydrogen) atoms. The van der Waals surface area contributed by atoms with Crippen LogP contribution in [-0.2, 0) is 20.9 Å². The lowest BCUT2D eigenvalue weighted by molar-refractivity contribution is -0.120. The van der Waals surface area contributed by atoms with Gasteiger partial charge in [0.15, 0.2) is 0 Å². The number of hydroxylamine groups is 1. The minimum atomic E-state index is -0.577. The molecule has 1 aromatic heterocycles. The van der Waals surface area contributed by atoms with Gasteiger partial charge in [0, 0.05) is 25.9 Å². The molecule has 148 valence electrons. The van der Waals surface area contributed by atoms with Crippen molar-refractivity contribution in [2.75, 3.05) is 13.1 Å². The summed E-state index contributed by atoms with van der Waals surface area (Å²) in [6.07, 6.45) is 2.67.